The Morgan fingerprint density at radius 1 is 1.29 bits per heavy atom. The molecule has 0 aliphatic heterocycles. The first-order valence-electron chi connectivity index (χ1n) is 5.44. The van der Waals surface area contributed by atoms with Crippen molar-refractivity contribution in [1.29, 1.82) is 0 Å². The second kappa shape index (κ2) is 5.29. The Morgan fingerprint density at radius 2 is 2.12 bits per heavy atom. The van der Waals surface area contributed by atoms with Gasteiger partial charge in [0.1, 0.15) is 0 Å². The van der Waals surface area contributed by atoms with E-state index in [0.29, 0.717) is 18.1 Å². The van der Waals surface area contributed by atoms with Gasteiger partial charge in [0.15, 0.2) is 5.82 Å². The van der Waals surface area contributed by atoms with Crippen molar-refractivity contribution in [2.24, 2.45) is 0 Å². The summed E-state index contributed by atoms with van der Waals surface area (Å²) in [5.41, 5.74) is 1.94. The van der Waals surface area contributed by atoms with E-state index < -0.39 is 0 Å². The molecule has 0 saturated heterocycles. The normalized spacial score (nSPS) is 10.2. The van der Waals surface area contributed by atoms with Gasteiger partial charge in [0.2, 0.25) is 5.89 Å². The highest BCUT2D eigenvalue weighted by Crippen LogP contribution is 2.11. The quantitative estimate of drug-likeness (QED) is 0.814. The third-order valence-electron chi connectivity index (χ3n) is 2.26. The number of nitrogens with one attached hydrogen (secondary N) is 2. The summed E-state index contributed by atoms with van der Waals surface area (Å²) in [5, 5.41) is 10.0. The van der Waals surface area contributed by atoms with Crippen molar-refractivity contribution in [3.05, 3.63) is 30.2 Å². The molecule has 0 saturated carbocycles. The van der Waals surface area contributed by atoms with Crippen LogP contribution >= 0.6 is 0 Å². The number of pyridine rings is 1. The minimum atomic E-state index is 0.646. The molecule has 0 bridgehead atoms. The zero-order valence-electron chi connectivity index (χ0n) is 9.90. The zero-order chi connectivity index (χ0) is 12.1. The van der Waals surface area contributed by atoms with Gasteiger partial charge in [0.25, 0.3) is 0 Å². The van der Waals surface area contributed by atoms with Crippen molar-refractivity contribution in [2.75, 3.05) is 24.2 Å². The van der Waals surface area contributed by atoms with Crippen molar-refractivity contribution < 1.29 is 4.52 Å². The number of rotatable bonds is 5. The molecule has 0 spiro atoms. The Labute approximate surface area is 99.5 Å². The molecular weight excluding hydrogens is 218 g/mol. The SMILES string of the molecule is CNc1cncc(NCCc2nc(C)no2)c1. The zero-order valence-corrected chi connectivity index (χ0v) is 9.90. The number of hydrogen-bond acceptors (Lipinski definition) is 6. The standard InChI is InChI=1S/C11H15N5O/c1-8-15-11(17-16-8)3-4-14-10-5-9(12-2)6-13-7-10/h5-7,12,14H,3-4H2,1-2H3. The third kappa shape index (κ3) is 3.17. The van der Waals surface area contributed by atoms with Crippen LogP contribution in [0.15, 0.2) is 23.0 Å². The summed E-state index contributed by atoms with van der Waals surface area (Å²) in [6.07, 6.45) is 4.25. The first kappa shape index (κ1) is 11.4. The van der Waals surface area contributed by atoms with Gasteiger partial charge < -0.3 is 15.2 Å². The first-order chi connectivity index (χ1) is 8.28. The van der Waals surface area contributed by atoms with Crippen molar-refractivity contribution >= 4 is 11.4 Å². The van der Waals surface area contributed by atoms with Crippen LogP contribution in [-0.4, -0.2) is 28.7 Å². The summed E-state index contributed by atoms with van der Waals surface area (Å²) in [6.45, 7) is 2.54. The molecule has 0 aliphatic carbocycles. The molecule has 0 atom stereocenters. The molecule has 2 N–H and O–H groups in total. The van der Waals surface area contributed by atoms with E-state index >= 15 is 0 Å². The van der Waals surface area contributed by atoms with Crippen molar-refractivity contribution in [3.63, 3.8) is 0 Å². The highest BCUT2D eigenvalue weighted by molar-refractivity contribution is 5.53. The second-order valence-corrected chi connectivity index (χ2v) is 3.62. The maximum absolute atomic E-state index is 5.02. The maximum atomic E-state index is 5.02. The van der Waals surface area contributed by atoms with Gasteiger partial charge in [-0.25, -0.2) is 0 Å². The molecule has 2 aromatic heterocycles. The molecule has 0 aliphatic rings. The summed E-state index contributed by atoms with van der Waals surface area (Å²) >= 11 is 0. The smallest absolute Gasteiger partial charge is 0.228 e. The van der Waals surface area contributed by atoms with Gasteiger partial charge in [-0.1, -0.05) is 5.16 Å². The van der Waals surface area contributed by atoms with Gasteiger partial charge in [-0.15, -0.1) is 0 Å². The van der Waals surface area contributed by atoms with E-state index in [1.54, 1.807) is 19.3 Å². The van der Waals surface area contributed by atoms with Crippen LogP contribution in [0.1, 0.15) is 11.7 Å². The predicted molar refractivity (Wildman–Crippen MR) is 65.0 cm³/mol. The van der Waals surface area contributed by atoms with Gasteiger partial charge in [0.05, 0.1) is 23.8 Å². The number of aromatic nitrogens is 3. The van der Waals surface area contributed by atoms with Crippen molar-refractivity contribution in [2.45, 2.75) is 13.3 Å². The van der Waals surface area contributed by atoms with Crippen molar-refractivity contribution in [1.82, 2.24) is 15.1 Å². The first-order valence-corrected chi connectivity index (χ1v) is 5.44. The Morgan fingerprint density at radius 3 is 2.82 bits per heavy atom. The van der Waals surface area contributed by atoms with Crippen LogP contribution in [0.2, 0.25) is 0 Å². The van der Waals surface area contributed by atoms with Gasteiger partial charge in [-0.2, -0.15) is 4.98 Å². The average molecular weight is 233 g/mol. The summed E-state index contributed by atoms with van der Waals surface area (Å²) < 4.78 is 5.02. The molecule has 6 heteroatoms. The van der Waals surface area contributed by atoms with E-state index in [1.165, 1.54) is 0 Å². The number of aryl methyl sites for hydroxylation is 1. The summed E-state index contributed by atoms with van der Waals surface area (Å²) in [4.78, 5) is 8.24. The number of anilines is 2. The third-order valence-corrected chi connectivity index (χ3v) is 2.26. The fourth-order valence-electron chi connectivity index (χ4n) is 1.43. The van der Waals surface area contributed by atoms with Crippen LogP contribution in [0.5, 0.6) is 0 Å². The fraction of sp³-hybridized carbons (Fsp3) is 0.364. The molecule has 0 aromatic carbocycles. The van der Waals surface area contributed by atoms with Crippen LogP contribution < -0.4 is 10.6 Å². The Balaban J connectivity index is 1.85. The molecule has 0 fully saturated rings. The molecule has 2 aromatic rings. The molecule has 2 rings (SSSR count). The monoisotopic (exact) mass is 233 g/mol. The van der Waals surface area contributed by atoms with E-state index in [1.807, 2.05) is 13.1 Å². The molecule has 2 heterocycles. The highest BCUT2D eigenvalue weighted by Gasteiger charge is 2.02. The number of nitrogens with zero attached hydrogens (tertiary/aromatic N) is 3. The Bertz CT molecular complexity index is 482. The van der Waals surface area contributed by atoms with E-state index in [-0.39, 0.29) is 0 Å². The Hall–Kier alpha value is -2.11. The van der Waals surface area contributed by atoms with Gasteiger partial charge in [-0.3, -0.25) is 4.98 Å². The maximum Gasteiger partial charge on any atom is 0.228 e. The van der Waals surface area contributed by atoms with Crippen LogP contribution in [-0.2, 0) is 6.42 Å². The predicted octanol–water partition coefficient (Wildman–Crippen LogP) is 1.47. The lowest BCUT2D eigenvalue weighted by Gasteiger charge is -2.05. The largest absolute Gasteiger partial charge is 0.387 e. The minimum Gasteiger partial charge on any atom is -0.387 e. The molecule has 0 radical (unpaired) electrons. The van der Waals surface area contributed by atoms with Crippen LogP contribution in [0.3, 0.4) is 0 Å². The lowest BCUT2D eigenvalue weighted by atomic mass is 10.3. The van der Waals surface area contributed by atoms with Gasteiger partial charge in [-0.05, 0) is 13.0 Å². The van der Waals surface area contributed by atoms with Crippen LogP contribution in [0.4, 0.5) is 11.4 Å². The summed E-state index contributed by atoms with van der Waals surface area (Å²) in [7, 11) is 1.86. The molecule has 0 amide bonds. The molecule has 90 valence electrons. The fourth-order valence-corrected chi connectivity index (χ4v) is 1.43. The average Bonchev–Trinajstić information content (AvgIpc) is 2.75. The summed E-state index contributed by atoms with van der Waals surface area (Å²) in [5.74, 6) is 1.31. The topological polar surface area (TPSA) is 75.9 Å². The van der Waals surface area contributed by atoms with E-state index in [4.69, 9.17) is 4.52 Å². The highest BCUT2D eigenvalue weighted by atomic mass is 16.5. The molecule has 6 nitrogen and oxygen atoms in total. The van der Waals surface area contributed by atoms with E-state index in [9.17, 15) is 0 Å². The van der Waals surface area contributed by atoms with Gasteiger partial charge >= 0.3 is 0 Å². The second-order valence-electron chi connectivity index (χ2n) is 3.62. The molecule has 0 unspecified atom stereocenters. The van der Waals surface area contributed by atoms with E-state index in [0.717, 1.165) is 17.9 Å². The van der Waals surface area contributed by atoms with Crippen molar-refractivity contribution in [3.8, 4) is 0 Å². The molecular formula is C11H15N5O. The minimum absolute atomic E-state index is 0.646. The number of hydrogen-bond donors (Lipinski definition) is 2. The molecule has 17 heavy (non-hydrogen) atoms. The lowest BCUT2D eigenvalue weighted by Crippen LogP contribution is -2.05. The summed E-state index contributed by atoms with van der Waals surface area (Å²) in [6, 6.07) is 1.99. The Kier molecular flexibility index (Phi) is 3.54. The van der Waals surface area contributed by atoms with Crippen LogP contribution in [0.25, 0.3) is 0 Å². The van der Waals surface area contributed by atoms with E-state index in [2.05, 4.69) is 25.8 Å². The lowest BCUT2D eigenvalue weighted by molar-refractivity contribution is 0.377. The van der Waals surface area contributed by atoms with Gasteiger partial charge in [0, 0.05) is 20.0 Å². The van der Waals surface area contributed by atoms with Crippen LogP contribution in [0, 0.1) is 6.92 Å².